The van der Waals surface area contributed by atoms with Crippen LogP contribution < -0.4 is 5.32 Å². The molecule has 0 aliphatic carbocycles. The summed E-state index contributed by atoms with van der Waals surface area (Å²) in [5.41, 5.74) is 0.377. The molecule has 0 unspecified atom stereocenters. The van der Waals surface area contributed by atoms with Crippen molar-refractivity contribution >= 4 is 15.9 Å². The molecular formula is C20H36N4O3S. The zero-order chi connectivity index (χ0) is 20.7. The molecule has 8 heteroatoms. The van der Waals surface area contributed by atoms with E-state index >= 15 is 0 Å². The summed E-state index contributed by atoms with van der Waals surface area (Å²) in [5.74, 6) is -0.218. The number of hydrogen-bond acceptors (Lipinski definition) is 4. The number of amides is 1. The van der Waals surface area contributed by atoms with Crippen LogP contribution in [0.1, 0.15) is 63.4 Å². The van der Waals surface area contributed by atoms with Crippen molar-refractivity contribution in [2.24, 2.45) is 7.05 Å². The van der Waals surface area contributed by atoms with Crippen molar-refractivity contribution in [1.82, 2.24) is 19.1 Å². The van der Waals surface area contributed by atoms with E-state index in [-0.39, 0.29) is 10.8 Å². The van der Waals surface area contributed by atoms with Crippen LogP contribution in [0.2, 0.25) is 0 Å². The van der Waals surface area contributed by atoms with Gasteiger partial charge < -0.3 is 9.88 Å². The van der Waals surface area contributed by atoms with Gasteiger partial charge in [-0.3, -0.25) is 9.69 Å². The van der Waals surface area contributed by atoms with Gasteiger partial charge in [-0.05, 0) is 38.4 Å². The highest BCUT2D eigenvalue weighted by molar-refractivity contribution is 7.89. The Morgan fingerprint density at radius 1 is 1.25 bits per heavy atom. The van der Waals surface area contributed by atoms with E-state index in [1.54, 1.807) is 11.6 Å². The third-order valence-electron chi connectivity index (χ3n) is 5.60. The van der Waals surface area contributed by atoms with Gasteiger partial charge in [-0.15, -0.1) is 0 Å². The van der Waals surface area contributed by atoms with Gasteiger partial charge in [0.1, 0.15) is 10.6 Å². The molecule has 1 saturated heterocycles. The number of unbranched alkanes of at least 4 members (excludes halogenated alkanes) is 1. The van der Waals surface area contributed by atoms with Crippen LogP contribution in [0, 0.1) is 0 Å². The summed E-state index contributed by atoms with van der Waals surface area (Å²) < 4.78 is 28.4. The van der Waals surface area contributed by atoms with Crippen LogP contribution in [0.15, 0.2) is 17.2 Å². The van der Waals surface area contributed by atoms with Gasteiger partial charge in [-0.2, -0.15) is 4.31 Å². The van der Waals surface area contributed by atoms with Crippen molar-refractivity contribution in [3.05, 3.63) is 18.0 Å². The Morgan fingerprint density at radius 3 is 2.61 bits per heavy atom. The lowest BCUT2D eigenvalue weighted by molar-refractivity contribution is 0.0905. The second kappa shape index (κ2) is 10.4. The summed E-state index contributed by atoms with van der Waals surface area (Å²) >= 11 is 0. The normalized spacial score (nSPS) is 18.5. The Labute approximate surface area is 170 Å². The molecule has 160 valence electrons. The summed E-state index contributed by atoms with van der Waals surface area (Å²) in [4.78, 5) is 15.4. The molecule has 2 rings (SSSR count). The molecule has 0 bridgehead atoms. The van der Waals surface area contributed by atoms with Gasteiger partial charge in [0.2, 0.25) is 10.0 Å². The maximum absolute atomic E-state index is 12.7. The van der Waals surface area contributed by atoms with Crippen molar-refractivity contribution in [1.29, 1.82) is 0 Å². The van der Waals surface area contributed by atoms with E-state index in [9.17, 15) is 13.2 Å². The average molecular weight is 413 g/mol. The number of nitrogens with zero attached hydrogens (tertiary/aromatic N) is 3. The molecule has 1 amide bonds. The summed E-state index contributed by atoms with van der Waals surface area (Å²) in [6.45, 7) is 9.41. The van der Waals surface area contributed by atoms with Crippen molar-refractivity contribution in [2.75, 3.05) is 32.7 Å². The Morgan fingerprint density at radius 2 is 1.96 bits per heavy atom. The first-order valence-electron chi connectivity index (χ1n) is 10.5. The molecular weight excluding hydrogens is 376 g/mol. The third kappa shape index (κ3) is 5.36. The highest BCUT2D eigenvalue weighted by atomic mass is 32.2. The van der Waals surface area contributed by atoms with Gasteiger partial charge in [0.25, 0.3) is 5.91 Å². The molecule has 1 aliphatic rings. The summed E-state index contributed by atoms with van der Waals surface area (Å²) in [6.07, 6.45) is 7.38. The Bertz CT molecular complexity index is 741. The minimum absolute atomic E-state index is 0.172. The SMILES string of the molecule is CCCCN1CCCC[C@H]1CNC(=O)c1cc(S(=O)(=O)N(CC)CC)cn1C. The number of piperidine rings is 1. The first-order chi connectivity index (χ1) is 13.3. The molecule has 2 heterocycles. The predicted molar refractivity (Wildman–Crippen MR) is 112 cm³/mol. The van der Waals surface area contributed by atoms with Crippen LogP contribution in [0.25, 0.3) is 0 Å². The maximum Gasteiger partial charge on any atom is 0.267 e. The van der Waals surface area contributed by atoms with E-state index in [1.807, 2.05) is 13.8 Å². The van der Waals surface area contributed by atoms with Crippen LogP contribution in [0.4, 0.5) is 0 Å². The zero-order valence-electron chi connectivity index (χ0n) is 17.8. The fourth-order valence-corrected chi connectivity index (χ4v) is 5.39. The largest absolute Gasteiger partial charge is 0.349 e. The van der Waals surface area contributed by atoms with Gasteiger partial charge in [0, 0.05) is 38.9 Å². The van der Waals surface area contributed by atoms with Gasteiger partial charge in [0.15, 0.2) is 0 Å². The quantitative estimate of drug-likeness (QED) is 0.640. The molecule has 1 aromatic heterocycles. The number of hydrogen-bond donors (Lipinski definition) is 1. The monoisotopic (exact) mass is 412 g/mol. The summed E-state index contributed by atoms with van der Waals surface area (Å²) in [6, 6.07) is 1.85. The molecule has 7 nitrogen and oxygen atoms in total. The van der Waals surface area contributed by atoms with Crippen molar-refractivity contribution in [3.63, 3.8) is 0 Å². The van der Waals surface area contributed by atoms with Crippen molar-refractivity contribution in [2.45, 2.75) is 63.8 Å². The maximum atomic E-state index is 12.7. The van der Waals surface area contributed by atoms with Gasteiger partial charge >= 0.3 is 0 Å². The van der Waals surface area contributed by atoms with Crippen molar-refractivity contribution < 1.29 is 13.2 Å². The molecule has 0 aromatic carbocycles. The molecule has 28 heavy (non-hydrogen) atoms. The molecule has 1 N–H and O–H groups in total. The highest BCUT2D eigenvalue weighted by Gasteiger charge is 2.26. The third-order valence-corrected chi connectivity index (χ3v) is 7.62. The number of carbonyl (C=O) groups is 1. The van der Waals surface area contributed by atoms with Gasteiger partial charge in [0.05, 0.1) is 0 Å². The van der Waals surface area contributed by atoms with E-state index in [0.29, 0.717) is 31.4 Å². The van der Waals surface area contributed by atoms with Gasteiger partial charge in [-0.25, -0.2) is 8.42 Å². The number of aromatic nitrogens is 1. The van der Waals surface area contributed by atoms with Crippen LogP contribution in [-0.4, -0.2) is 66.9 Å². The Kier molecular flexibility index (Phi) is 8.52. The molecule has 0 radical (unpaired) electrons. The lowest BCUT2D eigenvalue weighted by Crippen LogP contribution is -2.47. The number of aryl methyl sites for hydroxylation is 1. The average Bonchev–Trinajstić information content (AvgIpc) is 3.08. The Hall–Kier alpha value is -1.38. The predicted octanol–water partition coefficient (Wildman–Crippen LogP) is 2.44. The summed E-state index contributed by atoms with van der Waals surface area (Å²) in [7, 11) is -1.85. The van der Waals surface area contributed by atoms with E-state index in [4.69, 9.17) is 0 Å². The molecule has 1 fully saturated rings. The van der Waals surface area contributed by atoms with E-state index in [2.05, 4.69) is 17.1 Å². The minimum Gasteiger partial charge on any atom is -0.349 e. The fraction of sp³-hybridized carbons (Fsp3) is 0.750. The number of sulfonamides is 1. The molecule has 1 atom stereocenters. The fourth-order valence-electron chi connectivity index (χ4n) is 3.86. The standard InChI is InChI=1S/C20H36N4O3S/c1-5-8-12-23-13-10-9-11-17(23)15-21-20(25)19-14-18(16-22(19)4)28(26,27)24(6-2)7-3/h14,16-17H,5-13,15H2,1-4H3,(H,21,25)/t17-/m0/s1. The molecule has 0 spiro atoms. The summed E-state index contributed by atoms with van der Waals surface area (Å²) in [5, 5.41) is 3.03. The number of rotatable bonds is 10. The van der Waals surface area contributed by atoms with Crippen LogP contribution in [-0.2, 0) is 17.1 Å². The van der Waals surface area contributed by atoms with Crippen LogP contribution >= 0.6 is 0 Å². The number of nitrogens with one attached hydrogen (secondary N) is 1. The number of carbonyl (C=O) groups excluding carboxylic acids is 1. The first-order valence-corrected chi connectivity index (χ1v) is 12.0. The zero-order valence-corrected chi connectivity index (χ0v) is 18.6. The van der Waals surface area contributed by atoms with E-state index in [0.717, 1.165) is 19.5 Å². The second-order valence-electron chi connectivity index (χ2n) is 7.51. The second-order valence-corrected chi connectivity index (χ2v) is 9.45. The smallest absolute Gasteiger partial charge is 0.267 e. The van der Waals surface area contributed by atoms with Crippen molar-refractivity contribution in [3.8, 4) is 0 Å². The highest BCUT2D eigenvalue weighted by Crippen LogP contribution is 2.19. The minimum atomic E-state index is -3.57. The Balaban J connectivity index is 2.05. The van der Waals surface area contributed by atoms with Gasteiger partial charge in [-0.1, -0.05) is 33.6 Å². The number of likely N-dealkylation sites (tertiary alicyclic amines) is 1. The molecule has 1 aliphatic heterocycles. The first kappa shape index (κ1) is 22.9. The molecule has 0 saturated carbocycles. The van der Waals surface area contributed by atoms with E-state index in [1.165, 1.54) is 42.3 Å². The lowest BCUT2D eigenvalue weighted by Gasteiger charge is -2.35. The molecule has 1 aromatic rings. The van der Waals surface area contributed by atoms with Crippen LogP contribution in [0.3, 0.4) is 0 Å². The topological polar surface area (TPSA) is 74.7 Å². The van der Waals surface area contributed by atoms with Crippen LogP contribution in [0.5, 0.6) is 0 Å². The van der Waals surface area contributed by atoms with E-state index < -0.39 is 10.0 Å². The lowest BCUT2D eigenvalue weighted by atomic mass is 10.0.